The van der Waals surface area contributed by atoms with Crippen molar-refractivity contribution in [2.45, 2.75) is 0 Å². The van der Waals surface area contributed by atoms with Crippen LogP contribution in [0.2, 0.25) is 0 Å². The number of nitrogens with one attached hydrogen (secondary N) is 2. The molecule has 0 unspecified atom stereocenters. The first kappa shape index (κ1) is 18.3. The average Bonchev–Trinajstić information content (AvgIpc) is 2.60. The molecule has 0 saturated heterocycles. The summed E-state index contributed by atoms with van der Waals surface area (Å²) in [4.78, 5) is 37.1. The molecule has 0 aliphatic carbocycles. The van der Waals surface area contributed by atoms with Crippen molar-refractivity contribution in [1.29, 1.82) is 0 Å². The maximum Gasteiger partial charge on any atom is 0.406 e. The van der Waals surface area contributed by atoms with Gasteiger partial charge in [-0.1, -0.05) is 12.1 Å². The summed E-state index contributed by atoms with van der Waals surface area (Å²) in [5.74, 6) is -1.63. The summed E-state index contributed by atoms with van der Waals surface area (Å²) in [6, 6.07) is 9.81. The Hall–Kier alpha value is -3.01. The number of halogens is 1. The molecule has 1 aromatic carbocycles. The molecule has 0 aliphatic rings. The summed E-state index contributed by atoms with van der Waals surface area (Å²) in [6.45, 7) is -0.743. The maximum atomic E-state index is 11.8. The molecule has 130 valence electrons. The number of pyridine rings is 1. The number of anilines is 1. The largest absolute Gasteiger partial charge is 0.476 e. The molecule has 2 aromatic rings. The fraction of sp³-hybridized carbons (Fsp3) is 0.133. The van der Waals surface area contributed by atoms with E-state index in [0.29, 0.717) is 10.2 Å². The smallest absolute Gasteiger partial charge is 0.406 e. The molecule has 2 rings (SSSR count). The Kier molecular flexibility index (Phi) is 6.40. The molecule has 1 aromatic heterocycles. The third-order valence-corrected chi connectivity index (χ3v) is 3.57. The van der Waals surface area contributed by atoms with Crippen molar-refractivity contribution >= 4 is 39.2 Å². The second-order valence-electron chi connectivity index (χ2n) is 4.68. The van der Waals surface area contributed by atoms with Crippen molar-refractivity contribution in [2.24, 2.45) is 0 Å². The third-order valence-electron chi connectivity index (χ3n) is 2.88. The van der Waals surface area contributed by atoms with E-state index >= 15 is 0 Å². The van der Waals surface area contributed by atoms with Crippen LogP contribution >= 0.6 is 15.9 Å². The van der Waals surface area contributed by atoms with E-state index in [1.54, 1.807) is 24.3 Å². The Balaban J connectivity index is 1.80. The van der Waals surface area contributed by atoms with Gasteiger partial charge in [0, 0.05) is 4.47 Å². The van der Waals surface area contributed by atoms with Crippen LogP contribution in [-0.2, 0) is 9.59 Å². The van der Waals surface area contributed by atoms with Crippen LogP contribution < -0.4 is 15.4 Å². The molecule has 1 heterocycles. The molecule has 0 bridgehead atoms. The number of carbonyl (C=O) groups excluding carboxylic acids is 2. The monoisotopic (exact) mass is 408 g/mol. The van der Waals surface area contributed by atoms with Crippen LogP contribution in [0, 0.1) is 10.1 Å². The number of benzene rings is 1. The predicted octanol–water partition coefficient (Wildman–Crippen LogP) is 1.89. The van der Waals surface area contributed by atoms with Crippen molar-refractivity contribution in [3.63, 3.8) is 0 Å². The standard InChI is InChI=1S/C15H13BrN4O5/c16-10-4-1-2-5-11(10)19-13(21)8-18-14(22)9-25-12-6-3-7-17-15(12)20(23)24/h1-7H,8-9H2,(H,18,22)(H,19,21). The lowest BCUT2D eigenvalue weighted by molar-refractivity contribution is -0.390. The quantitative estimate of drug-likeness (QED) is 0.532. The van der Waals surface area contributed by atoms with Crippen molar-refractivity contribution in [1.82, 2.24) is 10.3 Å². The Bertz CT molecular complexity index is 799. The molecule has 2 N–H and O–H groups in total. The van der Waals surface area contributed by atoms with Crippen LogP contribution in [0.1, 0.15) is 0 Å². The number of ether oxygens (including phenoxy) is 1. The van der Waals surface area contributed by atoms with Crippen LogP contribution in [0.4, 0.5) is 11.5 Å². The summed E-state index contributed by atoms with van der Waals surface area (Å²) in [6.07, 6.45) is 1.25. The van der Waals surface area contributed by atoms with Crippen molar-refractivity contribution in [3.8, 4) is 5.75 Å². The van der Waals surface area contributed by atoms with E-state index < -0.39 is 29.2 Å². The van der Waals surface area contributed by atoms with Crippen LogP contribution in [0.5, 0.6) is 5.75 Å². The lowest BCUT2D eigenvalue weighted by Crippen LogP contribution is -2.35. The Morgan fingerprint density at radius 2 is 1.96 bits per heavy atom. The number of para-hydroxylation sites is 1. The minimum absolute atomic E-state index is 0.125. The molecule has 0 aliphatic heterocycles. The normalized spacial score (nSPS) is 9.96. The van der Waals surface area contributed by atoms with Gasteiger partial charge in [-0.05, 0) is 50.1 Å². The fourth-order valence-electron chi connectivity index (χ4n) is 1.76. The summed E-state index contributed by atoms with van der Waals surface area (Å²) in [7, 11) is 0. The van der Waals surface area contributed by atoms with E-state index in [0.717, 1.165) is 0 Å². The van der Waals surface area contributed by atoms with Gasteiger partial charge in [0.25, 0.3) is 5.91 Å². The van der Waals surface area contributed by atoms with Crippen molar-refractivity contribution in [3.05, 3.63) is 57.2 Å². The second-order valence-corrected chi connectivity index (χ2v) is 5.53. The minimum Gasteiger partial charge on any atom is -0.476 e. The minimum atomic E-state index is -0.710. The number of amides is 2. The Morgan fingerprint density at radius 3 is 2.68 bits per heavy atom. The molecule has 0 fully saturated rings. The van der Waals surface area contributed by atoms with E-state index in [9.17, 15) is 19.7 Å². The Morgan fingerprint density at radius 1 is 1.20 bits per heavy atom. The van der Waals surface area contributed by atoms with Gasteiger partial charge in [-0.25, -0.2) is 0 Å². The van der Waals surface area contributed by atoms with Gasteiger partial charge >= 0.3 is 5.82 Å². The number of nitrogens with zero attached hydrogens (tertiary/aromatic N) is 2. The van der Waals surface area contributed by atoms with Crippen LogP contribution in [0.15, 0.2) is 47.1 Å². The van der Waals surface area contributed by atoms with E-state index in [4.69, 9.17) is 4.74 Å². The number of carbonyl (C=O) groups is 2. The van der Waals surface area contributed by atoms with Gasteiger partial charge in [-0.15, -0.1) is 0 Å². The highest BCUT2D eigenvalue weighted by molar-refractivity contribution is 9.10. The first-order chi connectivity index (χ1) is 12.0. The number of nitro groups is 1. The third kappa shape index (κ3) is 5.53. The average molecular weight is 409 g/mol. The zero-order valence-corrected chi connectivity index (χ0v) is 14.4. The molecule has 25 heavy (non-hydrogen) atoms. The molecule has 0 saturated carbocycles. The first-order valence-electron chi connectivity index (χ1n) is 7.00. The number of hydrogen-bond donors (Lipinski definition) is 2. The summed E-state index contributed by atoms with van der Waals surface area (Å²) in [5.41, 5.74) is 0.573. The van der Waals surface area contributed by atoms with Gasteiger partial charge in [0.1, 0.15) is 6.20 Å². The molecule has 2 amide bonds. The van der Waals surface area contributed by atoms with Gasteiger partial charge < -0.3 is 25.5 Å². The van der Waals surface area contributed by atoms with Gasteiger partial charge in [0.05, 0.1) is 12.2 Å². The number of hydrogen-bond acceptors (Lipinski definition) is 6. The molecule has 0 radical (unpaired) electrons. The van der Waals surface area contributed by atoms with E-state index in [-0.39, 0.29) is 12.3 Å². The highest BCUT2D eigenvalue weighted by Crippen LogP contribution is 2.22. The summed E-state index contributed by atoms with van der Waals surface area (Å²) >= 11 is 3.29. The van der Waals surface area contributed by atoms with E-state index in [2.05, 4.69) is 31.5 Å². The van der Waals surface area contributed by atoms with Gasteiger partial charge in [-0.3, -0.25) is 9.59 Å². The van der Waals surface area contributed by atoms with Crippen LogP contribution in [0.3, 0.4) is 0 Å². The fourth-order valence-corrected chi connectivity index (χ4v) is 2.15. The molecule has 0 spiro atoms. The summed E-state index contributed by atoms with van der Waals surface area (Å²) in [5, 5.41) is 15.8. The zero-order chi connectivity index (χ0) is 18.2. The zero-order valence-electron chi connectivity index (χ0n) is 12.8. The molecular weight excluding hydrogens is 396 g/mol. The SMILES string of the molecule is O=C(COc1cccnc1[N+](=O)[O-])NCC(=O)Nc1ccccc1Br. The Labute approximate surface area is 150 Å². The number of aromatic nitrogens is 1. The molecule has 9 nitrogen and oxygen atoms in total. The van der Waals surface area contributed by atoms with E-state index in [1.165, 1.54) is 18.3 Å². The predicted molar refractivity (Wildman–Crippen MR) is 92.2 cm³/mol. The molecule has 0 atom stereocenters. The first-order valence-corrected chi connectivity index (χ1v) is 7.80. The topological polar surface area (TPSA) is 123 Å². The van der Waals surface area contributed by atoms with Gasteiger partial charge in [0.2, 0.25) is 11.7 Å². The van der Waals surface area contributed by atoms with Gasteiger partial charge in [-0.2, -0.15) is 0 Å². The number of rotatable bonds is 7. The van der Waals surface area contributed by atoms with Crippen molar-refractivity contribution < 1.29 is 19.2 Å². The van der Waals surface area contributed by atoms with Crippen molar-refractivity contribution in [2.75, 3.05) is 18.5 Å². The highest BCUT2D eigenvalue weighted by Gasteiger charge is 2.17. The second kappa shape index (κ2) is 8.73. The summed E-state index contributed by atoms with van der Waals surface area (Å²) < 4.78 is 5.78. The van der Waals surface area contributed by atoms with E-state index in [1.807, 2.05) is 0 Å². The van der Waals surface area contributed by atoms with Crippen LogP contribution in [0.25, 0.3) is 0 Å². The van der Waals surface area contributed by atoms with Gasteiger partial charge in [0.15, 0.2) is 6.61 Å². The lowest BCUT2D eigenvalue weighted by atomic mass is 10.3. The molecule has 10 heteroatoms. The maximum absolute atomic E-state index is 11.8. The van der Waals surface area contributed by atoms with Crippen LogP contribution in [-0.4, -0.2) is 34.9 Å². The lowest BCUT2D eigenvalue weighted by Gasteiger charge is -2.09. The highest BCUT2D eigenvalue weighted by atomic mass is 79.9. The molecular formula is C15H13BrN4O5.